The summed E-state index contributed by atoms with van der Waals surface area (Å²) >= 11 is 0. The zero-order valence-electron chi connectivity index (χ0n) is 9.97. The molecule has 0 saturated heterocycles. The molecule has 0 aromatic heterocycles. The Morgan fingerprint density at radius 1 is 1.18 bits per heavy atom. The van der Waals surface area contributed by atoms with Crippen LogP contribution in [0, 0.1) is 5.41 Å². The minimum absolute atomic E-state index is 0.0219. The van der Waals surface area contributed by atoms with Gasteiger partial charge in [0.15, 0.2) is 0 Å². The standard InChI is InChI=1S/C12H20F3NO/c13-12(14,15)8-16(10-3-4-10)7-11(9-17)5-1-2-6-11/h10,17H,1-9H2. The third kappa shape index (κ3) is 3.58. The second kappa shape index (κ2) is 4.76. The van der Waals surface area contributed by atoms with E-state index in [0.29, 0.717) is 6.54 Å². The quantitative estimate of drug-likeness (QED) is 0.811. The second-order valence-corrected chi connectivity index (χ2v) is 5.62. The number of nitrogens with zero attached hydrogens (tertiary/aromatic N) is 1. The summed E-state index contributed by atoms with van der Waals surface area (Å²) in [7, 11) is 0. The largest absolute Gasteiger partial charge is 0.401 e. The lowest BCUT2D eigenvalue weighted by atomic mass is 9.86. The van der Waals surface area contributed by atoms with E-state index in [4.69, 9.17) is 0 Å². The molecule has 2 nitrogen and oxygen atoms in total. The molecule has 2 aliphatic rings. The van der Waals surface area contributed by atoms with Gasteiger partial charge >= 0.3 is 6.18 Å². The van der Waals surface area contributed by atoms with E-state index in [0.717, 1.165) is 38.5 Å². The van der Waals surface area contributed by atoms with Gasteiger partial charge in [0.1, 0.15) is 0 Å². The Morgan fingerprint density at radius 2 is 1.76 bits per heavy atom. The average molecular weight is 251 g/mol. The van der Waals surface area contributed by atoms with E-state index < -0.39 is 12.7 Å². The molecule has 2 aliphatic carbocycles. The van der Waals surface area contributed by atoms with Gasteiger partial charge in [0.2, 0.25) is 0 Å². The highest BCUT2D eigenvalue weighted by molar-refractivity contribution is 4.93. The normalized spacial score (nSPS) is 24.5. The molecule has 17 heavy (non-hydrogen) atoms. The van der Waals surface area contributed by atoms with Crippen molar-refractivity contribution in [3.63, 3.8) is 0 Å². The van der Waals surface area contributed by atoms with Gasteiger partial charge in [-0.3, -0.25) is 4.90 Å². The molecule has 1 N–H and O–H groups in total. The molecule has 0 aromatic carbocycles. The Morgan fingerprint density at radius 3 is 2.18 bits per heavy atom. The van der Waals surface area contributed by atoms with Crippen LogP contribution in [0.4, 0.5) is 13.2 Å². The van der Waals surface area contributed by atoms with Crippen molar-refractivity contribution in [2.75, 3.05) is 19.7 Å². The van der Waals surface area contributed by atoms with Gasteiger partial charge in [-0.05, 0) is 25.7 Å². The number of hydrogen-bond acceptors (Lipinski definition) is 2. The van der Waals surface area contributed by atoms with Gasteiger partial charge in [0, 0.05) is 24.6 Å². The maximum Gasteiger partial charge on any atom is 0.401 e. The summed E-state index contributed by atoms with van der Waals surface area (Å²) in [5, 5.41) is 9.46. The van der Waals surface area contributed by atoms with E-state index in [1.54, 1.807) is 4.90 Å². The van der Waals surface area contributed by atoms with E-state index in [1.165, 1.54) is 0 Å². The molecule has 0 radical (unpaired) electrons. The zero-order valence-corrected chi connectivity index (χ0v) is 9.97. The van der Waals surface area contributed by atoms with Crippen molar-refractivity contribution in [2.24, 2.45) is 5.41 Å². The maximum atomic E-state index is 12.5. The van der Waals surface area contributed by atoms with Gasteiger partial charge < -0.3 is 5.11 Å². The first-order valence-corrected chi connectivity index (χ1v) is 6.36. The van der Waals surface area contributed by atoms with E-state index >= 15 is 0 Å². The SMILES string of the molecule is OCC1(CN(CC(F)(F)F)C2CC2)CCCC1. The summed E-state index contributed by atoms with van der Waals surface area (Å²) in [6.07, 6.45) is 1.42. The molecule has 0 amide bonds. The maximum absolute atomic E-state index is 12.5. The first-order chi connectivity index (χ1) is 7.94. The van der Waals surface area contributed by atoms with E-state index in [-0.39, 0.29) is 18.1 Å². The van der Waals surface area contributed by atoms with Gasteiger partial charge in [0.05, 0.1) is 6.54 Å². The van der Waals surface area contributed by atoms with E-state index in [9.17, 15) is 18.3 Å². The van der Waals surface area contributed by atoms with Gasteiger partial charge in [-0.1, -0.05) is 12.8 Å². The summed E-state index contributed by atoms with van der Waals surface area (Å²) in [6.45, 7) is -0.388. The first-order valence-electron chi connectivity index (χ1n) is 6.36. The zero-order chi connectivity index (χ0) is 12.5. The number of hydrogen-bond donors (Lipinski definition) is 1. The lowest BCUT2D eigenvalue weighted by Gasteiger charge is -2.34. The highest BCUT2D eigenvalue weighted by atomic mass is 19.4. The van der Waals surface area contributed by atoms with Crippen LogP contribution in [0.15, 0.2) is 0 Å². The van der Waals surface area contributed by atoms with Gasteiger partial charge in [-0.15, -0.1) is 0 Å². The molecule has 100 valence electrons. The lowest BCUT2D eigenvalue weighted by molar-refractivity contribution is -0.151. The fourth-order valence-electron chi connectivity index (χ4n) is 2.91. The molecule has 0 aliphatic heterocycles. The number of alkyl halides is 3. The average Bonchev–Trinajstić information content (AvgIpc) is 2.98. The van der Waals surface area contributed by atoms with Crippen molar-refractivity contribution in [1.82, 2.24) is 4.90 Å². The van der Waals surface area contributed by atoms with E-state index in [1.807, 2.05) is 0 Å². The number of aliphatic hydroxyl groups excluding tert-OH is 1. The van der Waals surface area contributed by atoms with Crippen molar-refractivity contribution in [1.29, 1.82) is 0 Å². The molecule has 2 fully saturated rings. The van der Waals surface area contributed by atoms with Crippen LogP contribution in [0.1, 0.15) is 38.5 Å². The number of aliphatic hydroxyl groups is 1. The molecule has 0 atom stereocenters. The fraction of sp³-hybridized carbons (Fsp3) is 1.00. The smallest absolute Gasteiger partial charge is 0.396 e. The Bertz CT molecular complexity index is 257. The highest BCUT2D eigenvalue weighted by Gasteiger charge is 2.43. The van der Waals surface area contributed by atoms with Crippen LogP contribution < -0.4 is 0 Å². The molecule has 0 aromatic rings. The van der Waals surface area contributed by atoms with Crippen molar-refractivity contribution < 1.29 is 18.3 Å². The third-order valence-corrected chi connectivity index (χ3v) is 3.98. The van der Waals surface area contributed by atoms with Crippen molar-refractivity contribution in [3.05, 3.63) is 0 Å². The van der Waals surface area contributed by atoms with Crippen molar-refractivity contribution in [3.8, 4) is 0 Å². The van der Waals surface area contributed by atoms with Crippen LogP contribution in [0.3, 0.4) is 0 Å². The summed E-state index contributed by atoms with van der Waals surface area (Å²) in [6, 6.07) is 0.0978. The molecular weight excluding hydrogens is 231 g/mol. The van der Waals surface area contributed by atoms with Crippen LogP contribution in [-0.4, -0.2) is 41.9 Å². The summed E-state index contributed by atoms with van der Waals surface area (Å²) < 4.78 is 37.5. The van der Waals surface area contributed by atoms with Crippen LogP contribution in [0.5, 0.6) is 0 Å². The predicted octanol–water partition coefficient (Wildman–Crippen LogP) is 2.57. The van der Waals surface area contributed by atoms with Crippen LogP contribution in [0.25, 0.3) is 0 Å². The Labute approximate surface area is 99.8 Å². The molecule has 0 unspecified atom stereocenters. The van der Waals surface area contributed by atoms with Crippen LogP contribution in [-0.2, 0) is 0 Å². The molecule has 5 heteroatoms. The molecule has 2 saturated carbocycles. The third-order valence-electron chi connectivity index (χ3n) is 3.98. The van der Waals surface area contributed by atoms with Gasteiger partial charge in [0.25, 0.3) is 0 Å². The molecule has 0 heterocycles. The summed E-state index contributed by atoms with van der Waals surface area (Å²) in [4.78, 5) is 1.54. The number of rotatable bonds is 5. The lowest BCUT2D eigenvalue weighted by Crippen LogP contribution is -2.44. The molecule has 0 bridgehead atoms. The Balaban J connectivity index is 1.96. The fourth-order valence-corrected chi connectivity index (χ4v) is 2.91. The molecule has 0 spiro atoms. The van der Waals surface area contributed by atoms with Crippen LogP contribution >= 0.6 is 0 Å². The minimum Gasteiger partial charge on any atom is -0.396 e. The summed E-state index contributed by atoms with van der Waals surface area (Å²) in [5.41, 5.74) is -0.270. The van der Waals surface area contributed by atoms with Gasteiger partial charge in [-0.2, -0.15) is 13.2 Å². The van der Waals surface area contributed by atoms with Gasteiger partial charge in [-0.25, -0.2) is 0 Å². The Kier molecular flexibility index (Phi) is 3.69. The van der Waals surface area contributed by atoms with Crippen molar-refractivity contribution in [2.45, 2.75) is 50.7 Å². The Hall–Kier alpha value is -0.290. The minimum atomic E-state index is -4.13. The number of halogens is 3. The first kappa shape index (κ1) is 13.1. The second-order valence-electron chi connectivity index (χ2n) is 5.62. The predicted molar refractivity (Wildman–Crippen MR) is 58.6 cm³/mol. The highest BCUT2D eigenvalue weighted by Crippen LogP contribution is 2.41. The van der Waals surface area contributed by atoms with Crippen molar-refractivity contribution >= 4 is 0 Å². The monoisotopic (exact) mass is 251 g/mol. The van der Waals surface area contributed by atoms with E-state index in [2.05, 4.69) is 0 Å². The molecular formula is C12H20F3NO. The summed E-state index contributed by atoms with van der Waals surface area (Å²) in [5.74, 6) is 0. The molecule has 2 rings (SSSR count). The topological polar surface area (TPSA) is 23.5 Å². The van der Waals surface area contributed by atoms with Crippen LogP contribution in [0.2, 0.25) is 0 Å².